The number of rotatable bonds is 3. The maximum absolute atomic E-state index is 14.5. The zero-order valence-electron chi connectivity index (χ0n) is 15.8. The smallest absolute Gasteiger partial charge is 0.228 e. The molecule has 0 spiro atoms. The van der Waals surface area contributed by atoms with Gasteiger partial charge in [0.05, 0.1) is 12.4 Å². The summed E-state index contributed by atoms with van der Waals surface area (Å²) in [6, 6.07) is 1.68. The lowest BCUT2D eigenvalue weighted by atomic mass is 9.85. The van der Waals surface area contributed by atoms with Crippen molar-refractivity contribution in [3.63, 3.8) is 0 Å². The van der Waals surface area contributed by atoms with E-state index in [-0.39, 0.29) is 23.3 Å². The van der Waals surface area contributed by atoms with Crippen LogP contribution in [0.1, 0.15) is 45.2 Å². The van der Waals surface area contributed by atoms with Crippen LogP contribution in [0, 0.1) is 17.2 Å². The molecule has 3 heterocycles. The largest absolute Gasteiger partial charge is 0.328 e. The van der Waals surface area contributed by atoms with Gasteiger partial charge in [0.25, 0.3) is 0 Å². The minimum Gasteiger partial charge on any atom is -0.328 e. The highest BCUT2D eigenvalue weighted by Gasteiger charge is 2.32. The van der Waals surface area contributed by atoms with Gasteiger partial charge in [-0.2, -0.15) is 5.10 Å². The summed E-state index contributed by atoms with van der Waals surface area (Å²) in [7, 11) is 0. The first-order chi connectivity index (χ1) is 12.8. The van der Waals surface area contributed by atoms with Gasteiger partial charge in [-0.1, -0.05) is 20.3 Å². The summed E-state index contributed by atoms with van der Waals surface area (Å²) < 4.78 is 16.4. The number of amides is 1. The van der Waals surface area contributed by atoms with Gasteiger partial charge in [0.15, 0.2) is 0 Å². The lowest BCUT2D eigenvalue weighted by Gasteiger charge is -2.25. The molecule has 2 aliphatic rings. The maximum Gasteiger partial charge on any atom is 0.228 e. The number of nitrogens with zero attached hydrogens (tertiary/aromatic N) is 3. The Balaban J connectivity index is 1.57. The van der Waals surface area contributed by atoms with E-state index in [0.29, 0.717) is 17.8 Å². The van der Waals surface area contributed by atoms with Gasteiger partial charge in [0.2, 0.25) is 5.91 Å². The molecular weight excluding hydrogens is 345 g/mol. The van der Waals surface area contributed by atoms with Crippen molar-refractivity contribution in [1.82, 2.24) is 14.8 Å². The number of carbonyl (C=O) groups is 1. The van der Waals surface area contributed by atoms with Crippen molar-refractivity contribution in [3.05, 3.63) is 30.0 Å². The number of aromatic nitrogens is 3. The summed E-state index contributed by atoms with van der Waals surface area (Å²) in [5.74, 6) is -0.234. The van der Waals surface area contributed by atoms with E-state index in [9.17, 15) is 9.18 Å². The first kappa shape index (κ1) is 18.1. The van der Waals surface area contributed by atoms with E-state index in [0.717, 1.165) is 43.5 Å². The number of hydrogen-bond donors (Lipinski definition) is 2. The highest BCUT2D eigenvalue weighted by Crippen LogP contribution is 2.38. The van der Waals surface area contributed by atoms with Gasteiger partial charge in [-0.25, -0.2) is 9.37 Å². The normalized spacial score (nSPS) is 23.9. The van der Waals surface area contributed by atoms with E-state index in [4.69, 9.17) is 5.73 Å². The second kappa shape index (κ2) is 6.71. The third-order valence-electron chi connectivity index (χ3n) is 5.65. The number of nitrogens with one attached hydrogen (secondary N) is 1. The molecule has 27 heavy (non-hydrogen) atoms. The van der Waals surface area contributed by atoms with Crippen molar-refractivity contribution in [2.75, 3.05) is 5.32 Å². The summed E-state index contributed by atoms with van der Waals surface area (Å²) in [6.07, 6.45) is 7.15. The number of pyridine rings is 1. The van der Waals surface area contributed by atoms with Crippen LogP contribution in [0.2, 0.25) is 0 Å². The Morgan fingerprint density at radius 2 is 2.15 bits per heavy atom. The van der Waals surface area contributed by atoms with Gasteiger partial charge in [0.1, 0.15) is 11.6 Å². The zero-order chi connectivity index (χ0) is 19.2. The average Bonchev–Trinajstić information content (AvgIpc) is 3.11. The monoisotopic (exact) mass is 371 g/mol. The second-order valence-corrected chi connectivity index (χ2v) is 8.67. The summed E-state index contributed by atoms with van der Waals surface area (Å²) in [4.78, 5) is 16.6. The van der Waals surface area contributed by atoms with Crippen LogP contribution in [0.4, 0.5) is 10.2 Å². The molecule has 4 rings (SSSR count). The van der Waals surface area contributed by atoms with Crippen LogP contribution in [0.25, 0.3) is 11.1 Å². The molecule has 3 N–H and O–H groups in total. The van der Waals surface area contributed by atoms with Crippen LogP contribution in [0.15, 0.2) is 18.5 Å². The Morgan fingerprint density at radius 1 is 1.33 bits per heavy atom. The fraction of sp³-hybridized carbons (Fsp3) is 0.550. The Kier molecular flexibility index (Phi) is 4.50. The van der Waals surface area contributed by atoms with E-state index in [2.05, 4.69) is 29.2 Å². The molecular formula is C20H26FN5O. The molecule has 1 aliphatic heterocycles. The number of carbonyl (C=O) groups excluding carboxylic acids is 1. The first-order valence-corrected chi connectivity index (χ1v) is 9.59. The van der Waals surface area contributed by atoms with Crippen LogP contribution >= 0.6 is 0 Å². The third kappa shape index (κ3) is 3.60. The lowest BCUT2D eigenvalue weighted by Crippen LogP contribution is -2.34. The van der Waals surface area contributed by atoms with Crippen molar-refractivity contribution in [1.29, 1.82) is 0 Å². The van der Waals surface area contributed by atoms with Crippen molar-refractivity contribution in [2.45, 2.75) is 58.5 Å². The summed E-state index contributed by atoms with van der Waals surface area (Å²) in [5, 5.41) is 7.26. The molecule has 2 aromatic rings. The molecule has 1 saturated carbocycles. The summed E-state index contributed by atoms with van der Waals surface area (Å²) >= 11 is 0. The Hall–Kier alpha value is -2.28. The predicted molar refractivity (Wildman–Crippen MR) is 101 cm³/mol. The molecule has 0 saturated heterocycles. The number of halogens is 1. The SMILES string of the molecule is CC1(C)Cc2c(-c3cc(NC(=O)[C@@H]4CCC[C@@H](N)C4)ncc3F)cnn2C1. The van der Waals surface area contributed by atoms with Crippen LogP contribution < -0.4 is 11.1 Å². The van der Waals surface area contributed by atoms with Gasteiger partial charge in [-0.15, -0.1) is 0 Å². The van der Waals surface area contributed by atoms with Crippen LogP contribution in [0.5, 0.6) is 0 Å². The van der Waals surface area contributed by atoms with Gasteiger partial charge < -0.3 is 11.1 Å². The topological polar surface area (TPSA) is 85.8 Å². The van der Waals surface area contributed by atoms with Crippen LogP contribution in [-0.2, 0) is 17.8 Å². The van der Waals surface area contributed by atoms with E-state index >= 15 is 0 Å². The molecule has 2 atom stereocenters. The maximum atomic E-state index is 14.5. The molecule has 6 nitrogen and oxygen atoms in total. The quantitative estimate of drug-likeness (QED) is 0.868. The Morgan fingerprint density at radius 3 is 2.93 bits per heavy atom. The molecule has 1 amide bonds. The first-order valence-electron chi connectivity index (χ1n) is 9.59. The lowest BCUT2D eigenvalue weighted by molar-refractivity contribution is -0.120. The Bertz CT molecular complexity index is 875. The Labute approximate surface area is 158 Å². The standard InChI is InChI=1S/C20H26FN5O/c1-20(2)8-17-15(9-24-26(17)11-20)14-7-18(23-10-16(14)21)25-19(27)12-4-3-5-13(22)6-12/h7,9-10,12-13H,3-6,8,11,22H2,1-2H3,(H,23,25,27)/t12-,13-/m1/s1. The highest BCUT2D eigenvalue weighted by molar-refractivity contribution is 5.92. The molecule has 2 aromatic heterocycles. The zero-order valence-corrected chi connectivity index (χ0v) is 15.8. The summed E-state index contributed by atoms with van der Waals surface area (Å²) in [6.45, 7) is 5.17. The van der Waals surface area contributed by atoms with E-state index in [1.54, 1.807) is 12.3 Å². The van der Waals surface area contributed by atoms with Crippen molar-refractivity contribution < 1.29 is 9.18 Å². The third-order valence-corrected chi connectivity index (χ3v) is 5.65. The second-order valence-electron chi connectivity index (χ2n) is 8.67. The molecule has 0 unspecified atom stereocenters. The van der Waals surface area contributed by atoms with E-state index < -0.39 is 5.82 Å². The van der Waals surface area contributed by atoms with Gasteiger partial charge >= 0.3 is 0 Å². The molecule has 0 aromatic carbocycles. The molecule has 0 bridgehead atoms. The van der Waals surface area contributed by atoms with Crippen molar-refractivity contribution >= 4 is 11.7 Å². The van der Waals surface area contributed by atoms with Gasteiger partial charge in [0, 0.05) is 35.3 Å². The highest BCUT2D eigenvalue weighted by atomic mass is 19.1. The molecule has 144 valence electrons. The molecule has 1 aliphatic carbocycles. The number of nitrogens with two attached hydrogens (primary N) is 1. The number of hydrogen-bond acceptors (Lipinski definition) is 4. The molecule has 0 radical (unpaired) electrons. The van der Waals surface area contributed by atoms with E-state index in [1.807, 2.05) is 4.68 Å². The number of anilines is 1. The predicted octanol–water partition coefficient (Wildman–Crippen LogP) is 3.12. The van der Waals surface area contributed by atoms with Crippen molar-refractivity contribution in [3.8, 4) is 11.1 Å². The van der Waals surface area contributed by atoms with Crippen molar-refractivity contribution in [2.24, 2.45) is 17.1 Å². The fourth-order valence-electron chi connectivity index (χ4n) is 4.28. The van der Waals surface area contributed by atoms with Gasteiger partial charge in [-0.05, 0) is 37.2 Å². The average molecular weight is 371 g/mol. The fourth-order valence-corrected chi connectivity index (χ4v) is 4.28. The van der Waals surface area contributed by atoms with E-state index in [1.165, 1.54) is 6.20 Å². The summed E-state index contributed by atoms with van der Waals surface area (Å²) in [5.41, 5.74) is 8.33. The van der Waals surface area contributed by atoms with Crippen LogP contribution in [0.3, 0.4) is 0 Å². The minimum absolute atomic E-state index is 0.0737. The minimum atomic E-state index is -0.409. The van der Waals surface area contributed by atoms with Gasteiger partial charge in [-0.3, -0.25) is 9.48 Å². The molecule has 7 heteroatoms. The van der Waals surface area contributed by atoms with Crippen LogP contribution in [-0.4, -0.2) is 26.7 Å². The number of fused-ring (bicyclic) bond motifs is 1. The molecule has 1 fully saturated rings.